The molecule has 1 saturated heterocycles. The van der Waals surface area contributed by atoms with Gasteiger partial charge in [-0.05, 0) is 43.2 Å². The van der Waals surface area contributed by atoms with Crippen LogP contribution in [0.2, 0.25) is 0 Å². The first-order valence-electron chi connectivity index (χ1n) is 9.78. The van der Waals surface area contributed by atoms with Crippen LogP contribution in [0.4, 0.5) is 0 Å². The fraction of sp³-hybridized carbons (Fsp3) is 0.476. The first-order chi connectivity index (χ1) is 13.0. The molecule has 27 heavy (non-hydrogen) atoms. The van der Waals surface area contributed by atoms with Gasteiger partial charge >= 0.3 is 0 Å². The highest BCUT2D eigenvalue weighted by atomic mass is 32.2. The summed E-state index contributed by atoms with van der Waals surface area (Å²) in [5.74, 6) is 0.281. The number of hydrogen-bond acceptors (Lipinski definition) is 3. The zero-order valence-corrected chi connectivity index (χ0v) is 16.0. The molecule has 142 valence electrons. The Kier molecular flexibility index (Phi) is 4.02. The number of hydrogen-bond donors (Lipinski definition) is 0. The molecule has 0 N–H and O–H groups in total. The molecule has 1 saturated carbocycles. The smallest absolute Gasteiger partial charge is 0.251 e. The average molecular weight is 385 g/mol. The van der Waals surface area contributed by atoms with Crippen molar-refractivity contribution in [2.45, 2.75) is 42.9 Å². The van der Waals surface area contributed by atoms with Crippen LogP contribution in [0.5, 0.6) is 0 Å². The summed E-state index contributed by atoms with van der Waals surface area (Å²) in [6.45, 7) is 1.05. The van der Waals surface area contributed by atoms with Crippen molar-refractivity contribution in [1.29, 1.82) is 0 Å². The summed E-state index contributed by atoms with van der Waals surface area (Å²) in [5.41, 5.74) is 2.21. The quantitative estimate of drug-likeness (QED) is 0.814. The van der Waals surface area contributed by atoms with E-state index in [1.54, 1.807) is 10.4 Å². The molecule has 3 heterocycles. The van der Waals surface area contributed by atoms with Crippen molar-refractivity contribution in [3.8, 4) is 0 Å². The summed E-state index contributed by atoms with van der Waals surface area (Å²) in [7, 11) is -3.19. The third-order valence-electron chi connectivity index (χ3n) is 6.36. The number of rotatable bonds is 4. The maximum Gasteiger partial charge on any atom is 0.251 e. The molecular weight excluding hydrogens is 360 g/mol. The van der Waals surface area contributed by atoms with Crippen LogP contribution in [0, 0.1) is 5.92 Å². The number of pyridine rings is 1. The van der Waals surface area contributed by atoms with Crippen LogP contribution in [0.25, 0.3) is 0 Å². The van der Waals surface area contributed by atoms with Gasteiger partial charge in [0.15, 0.2) is 0 Å². The van der Waals surface area contributed by atoms with Crippen molar-refractivity contribution in [3.63, 3.8) is 0 Å². The molecule has 5 rings (SSSR count). The number of nitrogens with zero attached hydrogens (tertiary/aromatic N) is 2. The van der Waals surface area contributed by atoms with Gasteiger partial charge < -0.3 is 4.57 Å². The van der Waals surface area contributed by atoms with Gasteiger partial charge in [0.05, 0.1) is 5.25 Å². The monoisotopic (exact) mass is 384 g/mol. The van der Waals surface area contributed by atoms with E-state index in [2.05, 4.69) is 12.1 Å². The van der Waals surface area contributed by atoms with Gasteiger partial charge in [-0.2, -0.15) is 0 Å². The summed E-state index contributed by atoms with van der Waals surface area (Å²) >= 11 is 0. The van der Waals surface area contributed by atoms with Crippen LogP contribution in [-0.4, -0.2) is 35.6 Å². The third-order valence-corrected chi connectivity index (χ3v) is 8.69. The summed E-state index contributed by atoms with van der Waals surface area (Å²) in [6, 6.07) is 15.6. The molecular formula is C21H24N2O3S. The topological polar surface area (TPSA) is 59.4 Å². The minimum atomic E-state index is -3.19. The molecule has 0 radical (unpaired) electrons. The lowest BCUT2D eigenvalue weighted by Crippen LogP contribution is -2.52. The molecule has 2 aliphatic heterocycles. The molecule has 2 aromatic rings. The van der Waals surface area contributed by atoms with Crippen LogP contribution >= 0.6 is 0 Å². The molecule has 5 nitrogen and oxygen atoms in total. The molecule has 6 heteroatoms. The number of sulfonamides is 1. The zero-order valence-electron chi connectivity index (χ0n) is 15.2. The number of fused-ring (bicyclic) bond motifs is 4. The number of aromatic nitrogens is 1. The largest absolute Gasteiger partial charge is 0.309 e. The summed E-state index contributed by atoms with van der Waals surface area (Å²) in [6.07, 6.45) is 3.29. The van der Waals surface area contributed by atoms with E-state index >= 15 is 0 Å². The second kappa shape index (κ2) is 6.31. The van der Waals surface area contributed by atoms with Crippen LogP contribution in [0.1, 0.15) is 42.5 Å². The lowest BCUT2D eigenvalue weighted by Gasteiger charge is -2.46. The van der Waals surface area contributed by atoms with Crippen molar-refractivity contribution in [2.24, 2.45) is 5.92 Å². The van der Waals surface area contributed by atoms with E-state index in [-0.39, 0.29) is 28.7 Å². The molecule has 2 fully saturated rings. The highest BCUT2D eigenvalue weighted by Gasteiger charge is 2.47. The zero-order chi connectivity index (χ0) is 18.6. The normalized spacial score (nSPS) is 27.9. The fourth-order valence-corrected chi connectivity index (χ4v) is 6.84. The molecule has 1 aromatic heterocycles. The Hall–Kier alpha value is -1.92. The van der Waals surface area contributed by atoms with Crippen molar-refractivity contribution in [1.82, 2.24) is 8.87 Å². The van der Waals surface area contributed by atoms with Gasteiger partial charge in [-0.25, -0.2) is 12.7 Å². The maximum atomic E-state index is 12.9. The minimum Gasteiger partial charge on any atom is -0.309 e. The molecule has 2 bridgehead atoms. The molecule has 1 aliphatic carbocycles. The minimum absolute atomic E-state index is 0.00422. The third kappa shape index (κ3) is 2.95. The predicted molar refractivity (Wildman–Crippen MR) is 104 cm³/mol. The molecule has 3 atom stereocenters. The van der Waals surface area contributed by atoms with Gasteiger partial charge in [0.25, 0.3) is 5.56 Å². The summed E-state index contributed by atoms with van der Waals surface area (Å²) in [5, 5.41) is -0.179. The Bertz CT molecular complexity index is 1010. The summed E-state index contributed by atoms with van der Waals surface area (Å²) < 4.78 is 29.4. The Morgan fingerprint density at radius 3 is 2.48 bits per heavy atom. The highest BCUT2D eigenvalue weighted by Crippen LogP contribution is 2.44. The predicted octanol–water partition coefficient (Wildman–Crippen LogP) is 2.54. The molecule has 0 amide bonds. The molecule has 3 aliphatic rings. The van der Waals surface area contributed by atoms with Crippen molar-refractivity contribution >= 4 is 10.0 Å². The standard InChI is InChI=1S/C21H24N2O3S/c24-21-8-4-7-19-16-12-17(14-22(13-16)27(25,26)18-9-10-18)20(23(19)21)11-15-5-2-1-3-6-15/h1-8,16-18,20H,9-14H2/t16-,17+,20+/m1/s1. The second-order valence-electron chi connectivity index (χ2n) is 8.17. The highest BCUT2D eigenvalue weighted by molar-refractivity contribution is 7.90. The van der Waals surface area contributed by atoms with Crippen molar-refractivity contribution < 1.29 is 8.42 Å². The first-order valence-corrected chi connectivity index (χ1v) is 11.3. The van der Waals surface area contributed by atoms with E-state index in [0.29, 0.717) is 13.1 Å². The number of piperidine rings is 1. The average Bonchev–Trinajstić information content (AvgIpc) is 3.52. The Morgan fingerprint density at radius 2 is 1.74 bits per heavy atom. The summed E-state index contributed by atoms with van der Waals surface area (Å²) in [4.78, 5) is 12.7. The van der Waals surface area contributed by atoms with Gasteiger partial charge in [-0.1, -0.05) is 36.4 Å². The van der Waals surface area contributed by atoms with E-state index in [4.69, 9.17) is 0 Å². The number of benzene rings is 1. The van der Waals surface area contributed by atoms with Crippen molar-refractivity contribution in [2.75, 3.05) is 13.1 Å². The van der Waals surface area contributed by atoms with Gasteiger partial charge in [0.1, 0.15) is 0 Å². The fourth-order valence-electron chi connectivity index (χ4n) is 4.90. The van der Waals surface area contributed by atoms with E-state index in [1.807, 2.05) is 34.9 Å². The van der Waals surface area contributed by atoms with Gasteiger partial charge in [0, 0.05) is 36.8 Å². The van der Waals surface area contributed by atoms with E-state index in [9.17, 15) is 13.2 Å². The maximum absolute atomic E-state index is 12.9. The Morgan fingerprint density at radius 1 is 0.963 bits per heavy atom. The lowest BCUT2D eigenvalue weighted by molar-refractivity contribution is 0.142. The Labute approximate surface area is 159 Å². The van der Waals surface area contributed by atoms with Gasteiger partial charge in [-0.3, -0.25) is 4.79 Å². The van der Waals surface area contributed by atoms with Gasteiger partial charge in [-0.15, -0.1) is 0 Å². The Balaban J connectivity index is 1.56. The molecule has 1 aromatic carbocycles. The van der Waals surface area contributed by atoms with Crippen LogP contribution in [-0.2, 0) is 16.4 Å². The first kappa shape index (κ1) is 17.2. The van der Waals surface area contributed by atoms with Crippen LogP contribution < -0.4 is 5.56 Å². The van der Waals surface area contributed by atoms with E-state index < -0.39 is 10.0 Å². The van der Waals surface area contributed by atoms with Gasteiger partial charge in [0.2, 0.25) is 10.0 Å². The SMILES string of the molecule is O=c1cccc2n1[C@@H](Cc1ccccc1)[C@H]1C[C@@H]2CN(S(=O)(=O)C2CC2)C1. The second-order valence-corrected chi connectivity index (χ2v) is 10.4. The van der Waals surface area contributed by atoms with Crippen LogP contribution in [0.3, 0.4) is 0 Å². The van der Waals surface area contributed by atoms with Crippen molar-refractivity contribution in [3.05, 3.63) is 70.1 Å². The molecule has 0 unspecified atom stereocenters. The van der Waals surface area contributed by atoms with Crippen LogP contribution in [0.15, 0.2) is 53.3 Å². The lowest BCUT2D eigenvalue weighted by atomic mass is 9.77. The van der Waals surface area contributed by atoms with E-state index in [1.165, 1.54) is 5.56 Å². The van der Waals surface area contributed by atoms with E-state index in [0.717, 1.165) is 31.4 Å². The molecule has 0 spiro atoms.